The largest absolute Gasteiger partial charge is 0.462 e. The first kappa shape index (κ1) is 11.9. The van der Waals surface area contributed by atoms with Crippen molar-refractivity contribution in [2.75, 3.05) is 24.6 Å². The number of esters is 1. The van der Waals surface area contributed by atoms with Crippen LogP contribution < -0.4 is 4.90 Å². The topological polar surface area (TPSA) is 62.7 Å². The zero-order valence-corrected chi connectivity index (χ0v) is 9.80. The average Bonchev–Trinajstić information content (AvgIpc) is 2.76. The Morgan fingerprint density at radius 2 is 2.47 bits per heavy atom. The minimum absolute atomic E-state index is 0.276. The van der Waals surface area contributed by atoms with Crippen LogP contribution in [0.15, 0.2) is 18.3 Å². The molecule has 1 aromatic heterocycles. The van der Waals surface area contributed by atoms with Crippen molar-refractivity contribution in [3.8, 4) is 0 Å². The van der Waals surface area contributed by atoms with Gasteiger partial charge in [0.1, 0.15) is 5.82 Å². The molecule has 5 heteroatoms. The van der Waals surface area contributed by atoms with Gasteiger partial charge in [0.25, 0.3) is 0 Å². The van der Waals surface area contributed by atoms with E-state index in [1.807, 2.05) is 4.90 Å². The fourth-order valence-corrected chi connectivity index (χ4v) is 1.86. The van der Waals surface area contributed by atoms with Gasteiger partial charge < -0.3 is 14.7 Å². The molecule has 0 amide bonds. The molecule has 0 bridgehead atoms. The summed E-state index contributed by atoms with van der Waals surface area (Å²) in [6.45, 7) is 3.53. The van der Waals surface area contributed by atoms with E-state index in [1.165, 1.54) is 6.20 Å². The first-order chi connectivity index (χ1) is 8.20. The monoisotopic (exact) mass is 236 g/mol. The molecule has 1 atom stereocenters. The fourth-order valence-electron chi connectivity index (χ4n) is 1.86. The molecule has 1 aliphatic heterocycles. The number of carbonyl (C=O) groups excluding carboxylic acids is 1. The number of anilines is 1. The molecule has 0 saturated carbocycles. The van der Waals surface area contributed by atoms with Gasteiger partial charge in [-0.3, -0.25) is 0 Å². The summed E-state index contributed by atoms with van der Waals surface area (Å²) in [4.78, 5) is 17.6. The molecule has 1 aliphatic rings. The summed E-state index contributed by atoms with van der Waals surface area (Å²) in [6.07, 6.45) is 2.00. The molecular weight excluding hydrogens is 220 g/mol. The van der Waals surface area contributed by atoms with Crippen molar-refractivity contribution in [1.29, 1.82) is 0 Å². The zero-order chi connectivity index (χ0) is 12.3. The van der Waals surface area contributed by atoms with Gasteiger partial charge in [-0.15, -0.1) is 0 Å². The van der Waals surface area contributed by atoms with E-state index in [9.17, 15) is 9.90 Å². The number of β-amino-alcohol motifs (C(OH)–C–C–N with tert-alkyl or cyclic N) is 1. The third kappa shape index (κ3) is 2.74. The molecule has 0 unspecified atom stereocenters. The molecule has 0 spiro atoms. The Bertz CT molecular complexity index is 391. The Balaban J connectivity index is 2.05. The lowest BCUT2D eigenvalue weighted by Crippen LogP contribution is -2.22. The molecule has 1 saturated heterocycles. The number of aliphatic hydroxyl groups is 1. The van der Waals surface area contributed by atoms with Crippen molar-refractivity contribution in [3.63, 3.8) is 0 Å². The van der Waals surface area contributed by atoms with E-state index >= 15 is 0 Å². The van der Waals surface area contributed by atoms with Gasteiger partial charge in [0.15, 0.2) is 0 Å². The molecule has 5 nitrogen and oxygen atoms in total. The van der Waals surface area contributed by atoms with E-state index in [-0.39, 0.29) is 12.1 Å². The number of rotatable bonds is 3. The summed E-state index contributed by atoms with van der Waals surface area (Å²) in [5.74, 6) is 0.433. The van der Waals surface area contributed by atoms with Crippen molar-refractivity contribution in [2.45, 2.75) is 19.4 Å². The van der Waals surface area contributed by atoms with Gasteiger partial charge in [-0.1, -0.05) is 0 Å². The molecule has 0 radical (unpaired) electrons. The summed E-state index contributed by atoms with van der Waals surface area (Å²) in [5.41, 5.74) is 0.454. The maximum absolute atomic E-state index is 11.4. The highest BCUT2D eigenvalue weighted by Gasteiger charge is 2.21. The molecule has 17 heavy (non-hydrogen) atoms. The SMILES string of the molecule is CCOC(=O)c1ccc(N2CC[C@@H](O)C2)nc1. The van der Waals surface area contributed by atoms with Crippen LogP contribution >= 0.6 is 0 Å². The minimum atomic E-state index is -0.354. The number of ether oxygens (including phenoxy) is 1. The maximum Gasteiger partial charge on any atom is 0.339 e. The highest BCUT2D eigenvalue weighted by molar-refractivity contribution is 5.89. The molecule has 1 aromatic rings. The molecular formula is C12H16N2O3. The van der Waals surface area contributed by atoms with Crippen LogP contribution in [0.2, 0.25) is 0 Å². The summed E-state index contributed by atoms with van der Waals surface area (Å²) >= 11 is 0. The number of aliphatic hydroxyl groups excluding tert-OH is 1. The second kappa shape index (κ2) is 5.14. The van der Waals surface area contributed by atoms with E-state index in [2.05, 4.69) is 4.98 Å². The van der Waals surface area contributed by atoms with Crippen LogP contribution in [-0.4, -0.2) is 41.9 Å². The van der Waals surface area contributed by atoms with Crippen LogP contribution in [0.3, 0.4) is 0 Å². The highest BCUT2D eigenvalue weighted by Crippen LogP contribution is 2.18. The van der Waals surface area contributed by atoms with Gasteiger partial charge in [-0.05, 0) is 25.5 Å². The number of aromatic nitrogens is 1. The van der Waals surface area contributed by atoms with E-state index < -0.39 is 0 Å². The van der Waals surface area contributed by atoms with Crippen LogP contribution in [0, 0.1) is 0 Å². The average molecular weight is 236 g/mol. The van der Waals surface area contributed by atoms with Crippen LogP contribution in [-0.2, 0) is 4.74 Å². The number of hydrogen-bond donors (Lipinski definition) is 1. The molecule has 2 rings (SSSR count). The first-order valence-corrected chi connectivity index (χ1v) is 5.77. The second-order valence-electron chi connectivity index (χ2n) is 4.01. The second-order valence-corrected chi connectivity index (χ2v) is 4.01. The van der Waals surface area contributed by atoms with Crippen LogP contribution in [0.1, 0.15) is 23.7 Å². The molecule has 1 fully saturated rings. The number of hydrogen-bond acceptors (Lipinski definition) is 5. The summed E-state index contributed by atoms with van der Waals surface area (Å²) in [5, 5.41) is 9.43. The Morgan fingerprint density at radius 3 is 3.00 bits per heavy atom. The van der Waals surface area contributed by atoms with E-state index in [0.717, 1.165) is 18.8 Å². The third-order valence-corrected chi connectivity index (χ3v) is 2.75. The third-order valence-electron chi connectivity index (χ3n) is 2.75. The van der Waals surface area contributed by atoms with Crippen molar-refractivity contribution in [3.05, 3.63) is 23.9 Å². The first-order valence-electron chi connectivity index (χ1n) is 5.77. The van der Waals surface area contributed by atoms with Gasteiger partial charge >= 0.3 is 5.97 Å². The van der Waals surface area contributed by atoms with Gasteiger partial charge in [0.2, 0.25) is 0 Å². The lowest BCUT2D eigenvalue weighted by molar-refractivity contribution is 0.0526. The Morgan fingerprint density at radius 1 is 1.65 bits per heavy atom. The Hall–Kier alpha value is -1.62. The quantitative estimate of drug-likeness (QED) is 0.787. The van der Waals surface area contributed by atoms with Gasteiger partial charge in [0.05, 0.1) is 18.3 Å². The predicted molar refractivity (Wildman–Crippen MR) is 63.0 cm³/mol. The summed E-state index contributed by atoms with van der Waals surface area (Å²) in [7, 11) is 0. The minimum Gasteiger partial charge on any atom is -0.462 e. The molecule has 0 aliphatic carbocycles. The fraction of sp³-hybridized carbons (Fsp3) is 0.500. The van der Waals surface area contributed by atoms with E-state index in [0.29, 0.717) is 18.7 Å². The maximum atomic E-state index is 11.4. The van der Waals surface area contributed by atoms with Crippen LogP contribution in [0.25, 0.3) is 0 Å². The molecule has 0 aromatic carbocycles. The Kier molecular flexibility index (Phi) is 3.58. The van der Waals surface area contributed by atoms with Crippen molar-refractivity contribution < 1.29 is 14.6 Å². The molecule has 92 valence electrons. The standard InChI is InChI=1S/C12H16N2O3/c1-2-17-12(16)9-3-4-11(13-7-9)14-6-5-10(15)8-14/h3-4,7,10,15H,2,5-6,8H2,1H3/t10-/m1/s1. The van der Waals surface area contributed by atoms with Crippen molar-refractivity contribution in [2.24, 2.45) is 0 Å². The number of nitrogens with zero attached hydrogens (tertiary/aromatic N) is 2. The van der Waals surface area contributed by atoms with Crippen molar-refractivity contribution in [1.82, 2.24) is 4.98 Å². The zero-order valence-electron chi connectivity index (χ0n) is 9.80. The van der Waals surface area contributed by atoms with Crippen molar-refractivity contribution >= 4 is 11.8 Å². The van der Waals surface area contributed by atoms with E-state index in [4.69, 9.17) is 4.74 Å². The van der Waals surface area contributed by atoms with Crippen LogP contribution in [0.4, 0.5) is 5.82 Å². The smallest absolute Gasteiger partial charge is 0.339 e. The molecule has 1 N–H and O–H groups in total. The van der Waals surface area contributed by atoms with E-state index in [1.54, 1.807) is 19.1 Å². The lowest BCUT2D eigenvalue weighted by Gasteiger charge is -2.16. The van der Waals surface area contributed by atoms with Gasteiger partial charge in [-0.2, -0.15) is 0 Å². The molecule has 2 heterocycles. The highest BCUT2D eigenvalue weighted by atomic mass is 16.5. The van der Waals surface area contributed by atoms with Gasteiger partial charge in [-0.25, -0.2) is 9.78 Å². The number of carbonyl (C=O) groups is 1. The lowest BCUT2D eigenvalue weighted by atomic mass is 10.3. The van der Waals surface area contributed by atoms with Crippen LogP contribution in [0.5, 0.6) is 0 Å². The van der Waals surface area contributed by atoms with Gasteiger partial charge in [0, 0.05) is 19.3 Å². The summed E-state index contributed by atoms with van der Waals surface area (Å²) < 4.78 is 4.88. The summed E-state index contributed by atoms with van der Waals surface area (Å²) in [6, 6.07) is 3.48. The normalized spacial score (nSPS) is 19.4. The number of pyridine rings is 1. The Labute approximate surface area is 100 Å². The predicted octanol–water partition coefficient (Wildman–Crippen LogP) is 0.829.